The van der Waals surface area contributed by atoms with Gasteiger partial charge in [0.05, 0.1) is 30.2 Å². The quantitative estimate of drug-likeness (QED) is 0.744. The lowest BCUT2D eigenvalue weighted by atomic mass is 9.98. The molecule has 0 saturated heterocycles. The molecule has 5 heteroatoms. The van der Waals surface area contributed by atoms with Crippen LogP contribution in [0.1, 0.15) is 11.5 Å². The van der Waals surface area contributed by atoms with Gasteiger partial charge in [0.1, 0.15) is 5.82 Å². The highest BCUT2D eigenvalue weighted by molar-refractivity contribution is 5.59. The van der Waals surface area contributed by atoms with E-state index in [1.54, 1.807) is 24.3 Å². The number of benzene rings is 1. The van der Waals surface area contributed by atoms with E-state index in [1.807, 2.05) is 0 Å². The van der Waals surface area contributed by atoms with Gasteiger partial charge in [-0.15, -0.1) is 0 Å². The van der Waals surface area contributed by atoms with Crippen molar-refractivity contribution in [3.05, 3.63) is 35.6 Å². The summed E-state index contributed by atoms with van der Waals surface area (Å²) in [6.07, 6.45) is 0. The minimum Gasteiger partial charge on any atom is -0.207 e. The Morgan fingerprint density at radius 2 is 1.33 bits per heavy atom. The van der Waals surface area contributed by atoms with Crippen LogP contribution in [0.4, 0.5) is 4.39 Å². The number of nitriles is 4. The lowest BCUT2D eigenvalue weighted by Crippen LogP contribution is -2.05. The minimum atomic E-state index is -1.79. The van der Waals surface area contributed by atoms with E-state index < -0.39 is 22.6 Å². The first-order valence-electron chi connectivity index (χ1n) is 5.03. The van der Waals surface area contributed by atoms with Crippen molar-refractivity contribution < 1.29 is 4.39 Å². The summed E-state index contributed by atoms with van der Waals surface area (Å²) in [5, 5.41) is 36.3. The molecule has 4 nitrogen and oxygen atoms in total. The normalized spacial score (nSPS) is 18.7. The molecule has 0 amide bonds. The number of halogens is 1. The smallest absolute Gasteiger partial charge is 0.185 e. The van der Waals surface area contributed by atoms with E-state index in [4.69, 9.17) is 21.0 Å². The third-order valence-corrected chi connectivity index (χ3v) is 3.33. The molecule has 0 aromatic heterocycles. The zero-order chi connectivity index (χ0) is 13.4. The molecule has 1 aromatic carbocycles. The molecule has 0 aliphatic heterocycles. The molecule has 0 unspecified atom stereocenters. The number of rotatable bonds is 1. The fourth-order valence-electron chi connectivity index (χ4n) is 2.31. The van der Waals surface area contributed by atoms with E-state index in [1.165, 1.54) is 24.3 Å². The van der Waals surface area contributed by atoms with E-state index in [-0.39, 0.29) is 5.56 Å². The lowest BCUT2D eigenvalue weighted by molar-refractivity contribution is 0.604. The van der Waals surface area contributed by atoms with E-state index in [9.17, 15) is 4.39 Å². The second kappa shape index (κ2) is 3.56. The second-order valence-electron chi connectivity index (χ2n) is 4.02. The summed E-state index contributed by atoms with van der Waals surface area (Å²) < 4.78 is 13.7. The van der Waals surface area contributed by atoms with Gasteiger partial charge in [-0.3, -0.25) is 0 Å². The summed E-state index contributed by atoms with van der Waals surface area (Å²) >= 11 is 0. The van der Waals surface area contributed by atoms with E-state index in [0.717, 1.165) is 0 Å². The van der Waals surface area contributed by atoms with Crippen LogP contribution in [0.3, 0.4) is 0 Å². The Labute approximate surface area is 103 Å². The van der Waals surface area contributed by atoms with Crippen LogP contribution in [0.5, 0.6) is 0 Å². The van der Waals surface area contributed by atoms with Crippen LogP contribution in [0, 0.1) is 62.0 Å². The molecule has 1 saturated carbocycles. The van der Waals surface area contributed by atoms with Crippen molar-refractivity contribution in [1.82, 2.24) is 0 Å². The predicted octanol–water partition coefficient (Wildman–Crippen LogP) is 1.99. The van der Waals surface area contributed by atoms with Crippen LogP contribution in [0.2, 0.25) is 0 Å². The van der Waals surface area contributed by atoms with Crippen LogP contribution in [-0.4, -0.2) is 0 Å². The highest BCUT2D eigenvalue weighted by atomic mass is 19.1. The monoisotopic (exact) mass is 236 g/mol. The molecule has 84 valence electrons. The van der Waals surface area contributed by atoms with Gasteiger partial charge in [-0.05, 0) is 11.6 Å². The first-order chi connectivity index (χ1) is 8.63. The Morgan fingerprint density at radius 3 is 1.72 bits per heavy atom. The molecule has 1 aliphatic rings. The van der Waals surface area contributed by atoms with Gasteiger partial charge in [-0.1, -0.05) is 18.2 Å². The van der Waals surface area contributed by atoms with Gasteiger partial charge in [0.15, 0.2) is 10.8 Å². The summed E-state index contributed by atoms with van der Waals surface area (Å²) in [6, 6.07) is 12.4. The topological polar surface area (TPSA) is 95.2 Å². The van der Waals surface area contributed by atoms with Gasteiger partial charge >= 0.3 is 0 Å². The molecule has 0 N–H and O–H groups in total. The maximum absolute atomic E-state index is 13.7. The Morgan fingerprint density at radius 1 is 0.889 bits per heavy atom. The van der Waals surface area contributed by atoms with Crippen molar-refractivity contribution in [3.63, 3.8) is 0 Å². The fraction of sp³-hybridized carbons (Fsp3) is 0.231. The number of hydrogen-bond donors (Lipinski definition) is 0. The first kappa shape index (κ1) is 11.6. The maximum atomic E-state index is 13.7. The third kappa shape index (κ3) is 1.03. The van der Waals surface area contributed by atoms with Gasteiger partial charge in [-0.25, -0.2) is 4.39 Å². The molecule has 0 heterocycles. The summed E-state index contributed by atoms with van der Waals surface area (Å²) in [4.78, 5) is 0. The highest BCUT2D eigenvalue weighted by Crippen LogP contribution is 2.73. The van der Waals surface area contributed by atoms with Gasteiger partial charge in [0.2, 0.25) is 0 Å². The zero-order valence-electron chi connectivity index (χ0n) is 9.05. The third-order valence-electron chi connectivity index (χ3n) is 3.33. The standard InChI is InChI=1S/C13H5FN4/c14-10-4-2-1-3-9(10)11-12(5-15,6-16)13(11,7-17)8-18/h1-4,11H. The molecule has 1 aromatic rings. The van der Waals surface area contributed by atoms with Crippen LogP contribution in [0.15, 0.2) is 24.3 Å². The van der Waals surface area contributed by atoms with E-state index >= 15 is 0 Å². The average molecular weight is 236 g/mol. The molecular formula is C13H5FN4. The molecule has 0 atom stereocenters. The molecule has 1 aliphatic carbocycles. The summed E-state index contributed by atoms with van der Waals surface area (Å²) in [7, 11) is 0. The van der Waals surface area contributed by atoms with Crippen LogP contribution in [-0.2, 0) is 0 Å². The van der Waals surface area contributed by atoms with Crippen LogP contribution >= 0.6 is 0 Å². The van der Waals surface area contributed by atoms with Gasteiger partial charge in [0, 0.05) is 0 Å². The predicted molar refractivity (Wildman–Crippen MR) is 56.5 cm³/mol. The Balaban J connectivity index is 2.67. The summed E-state index contributed by atoms with van der Waals surface area (Å²) in [5.74, 6) is -1.65. The molecule has 1 fully saturated rings. The van der Waals surface area contributed by atoms with Crippen molar-refractivity contribution in [1.29, 1.82) is 21.0 Å². The van der Waals surface area contributed by atoms with Crippen LogP contribution in [0.25, 0.3) is 0 Å². The van der Waals surface area contributed by atoms with E-state index in [2.05, 4.69) is 0 Å². The minimum absolute atomic E-state index is 0.0590. The van der Waals surface area contributed by atoms with E-state index in [0.29, 0.717) is 0 Å². The molecule has 0 spiro atoms. The maximum Gasteiger partial charge on any atom is 0.185 e. The summed E-state index contributed by atoms with van der Waals surface area (Å²) in [5.41, 5.74) is -3.53. The SMILES string of the molecule is N#CC1(C#N)C(c2ccccc2F)C1(C#N)C#N. The molecule has 2 rings (SSSR count). The van der Waals surface area contributed by atoms with Crippen molar-refractivity contribution >= 4 is 0 Å². The van der Waals surface area contributed by atoms with Gasteiger partial charge in [0.25, 0.3) is 0 Å². The Hall–Kier alpha value is -2.89. The molecular weight excluding hydrogens is 231 g/mol. The lowest BCUT2D eigenvalue weighted by Gasteiger charge is -2.00. The van der Waals surface area contributed by atoms with Crippen molar-refractivity contribution in [2.24, 2.45) is 10.8 Å². The Bertz CT molecular complexity index is 615. The van der Waals surface area contributed by atoms with Crippen molar-refractivity contribution in [3.8, 4) is 24.3 Å². The van der Waals surface area contributed by atoms with Gasteiger partial charge < -0.3 is 0 Å². The Kier molecular flexibility index (Phi) is 2.29. The van der Waals surface area contributed by atoms with Crippen LogP contribution < -0.4 is 0 Å². The van der Waals surface area contributed by atoms with Crippen molar-refractivity contribution in [2.45, 2.75) is 5.92 Å². The average Bonchev–Trinajstić information content (AvgIpc) is 3.02. The molecule has 0 bridgehead atoms. The van der Waals surface area contributed by atoms with Gasteiger partial charge in [-0.2, -0.15) is 21.0 Å². The number of hydrogen-bond acceptors (Lipinski definition) is 4. The van der Waals surface area contributed by atoms with Crippen molar-refractivity contribution in [2.75, 3.05) is 0 Å². The largest absolute Gasteiger partial charge is 0.207 e. The highest BCUT2D eigenvalue weighted by Gasteiger charge is 2.82. The zero-order valence-corrected chi connectivity index (χ0v) is 9.05. The second-order valence-corrected chi connectivity index (χ2v) is 4.02. The first-order valence-corrected chi connectivity index (χ1v) is 5.03. The molecule has 0 radical (unpaired) electrons. The fourth-order valence-corrected chi connectivity index (χ4v) is 2.31. The number of nitrogens with zero attached hydrogens (tertiary/aromatic N) is 4. The molecule has 18 heavy (non-hydrogen) atoms. The summed E-state index contributed by atoms with van der Waals surface area (Å²) in [6.45, 7) is 0.